The molecule has 32 heavy (non-hydrogen) atoms. The summed E-state index contributed by atoms with van der Waals surface area (Å²) in [7, 11) is 1.51. The smallest absolute Gasteiger partial charge is 0.256 e. The van der Waals surface area contributed by atoms with Crippen LogP contribution in [0.4, 0.5) is 10.2 Å². The van der Waals surface area contributed by atoms with E-state index in [1.807, 2.05) is 30.3 Å². The first-order valence-corrected chi connectivity index (χ1v) is 9.89. The number of carbonyl (C=O) groups is 1. The van der Waals surface area contributed by atoms with Gasteiger partial charge in [-0.05, 0) is 49.4 Å². The predicted molar refractivity (Wildman–Crippen MR) is 121 cm³/mol. The van der Waals surface area contributed by atoms with Gasteiger partial charge in [-0.1, -0.05) is 36.4 Å². The van der Waals surface area contributed by atoms with E-state index < -0.39 is 11.7 Å². The average Bonchev–Trinajstić information content (AvgIpc) is 2.82. The molecule has 0 saturated heterocycles. The van der Waals surface area contributed by atoms with Crippen LogP contribution in [0.1, 0.15) is 16.1 Å². The van der Waals surface area contributed by atoms with Gasteiger partial charge in [-0.25, -0.2) is 9.07 Å². The maximum absolute atomic E-state index is 13.3. The number of anilines is 1. The van der Waals surface area contributed by atoms with Crippen LogP contribution in [0.15, 0.2) is 83.7 Å². The second-order valence-electron chi connectivity index (χ2n) is 7.05. The Morgan fingerprint density at radius 2 is 1.62 bits per heavy atom. The number of rotatable bonds is 5. The third-order valence-corrected chi connectivity index (χ3v) is 4.97. The van der Waals surface area contributed by atoms with Crippen LogP contribution in [0.2, 0.25) is 0 Å². The van der Waals surface area contributed by atoms with Crippen molar-refractivity contribution in [1.29, 1.82) is 0 Å². The van der Waals surface area contributed by atoms with E-state index in [0.29, 0.717) is 17.0 Å². The van der Waals surface area contributed by atoms with Crippen molar-refractivity contribution in [2.24, 2.45) is 0 Å². The monoisotopic (exact) mass is 429 g/mol. The first-order chi connectivity index (χ1) is 15.5. The minimum absolute atomic E-state index is 0.186. The van der Waals surface area contributed by atoms with Crippen LogP contribution < -0.4 is 15.5 Å². The Bertz CT molecular complexity index is 1330. The van der Waals surface area contributed by atoms with Crippen LogP contribution in [-0.2, 0) is 0 Å². The third kappa shape index (κ3) is 4.00. The van der Waals surface area contributed by atoms with Gasteiger partial charge < -0.3 is 10.1 Å². The average molecular weight is 429 g/mol. The molecule has 0 saturated carbocycles. The molecule has 3 aromatic carbocycles. The van der Waals surface area contributed by atoms with Gasteiger partial charge in [-0.2, -0.15) is 5.10 Å². The topological polar surface area (TPSA) is 73.2 Å². The molecule has 0 atom stereocenters. The van der Waals surface area contributed by atoms with Crippen LogP contribution in [-0.4, -0.2) is 22.8 Å². The van der Waals surface area contributed by atoms with Crippen LogP contribution >= 0.6 is 0 Å². The lowest BCUT2D eigenvalue weighted by molar-refractivity contribution is 0.102. The van der Waals surface area contributed by atoms with E-state index in [2.05, 4.69) is 10.4 Å². The van der Waals surface area contributed by atoms with E-state index in [9.17, 15) is 14.0 Å². The minimum atomic E-state index is -0.504. The fourth-order valence-corrected chi connectivity index (χ4v) is 3.39. The first-order valence-electron chi connectivity index (χ1n) is 9.89. The number of methoxy groups -OCH3 is 1. The fraction of sp³-hybridized carbons (Fsp3) is 0.0800. The molecule has 0 fully saturated rings. The van der Waals surface area contributed by atoms with Crippen molar-refractivity contribution in [2.75, 3.05) is 12.4 Å². The normalized spacial score (nSPS) is 10.6. The van der Waals surface area contributed by atoms with Gasteiger partial charge in [0.05, 0.1) is 18.4 Å². The van der Waals surface area contributed by atoms with Gasteiger partial charge in [0.2, 0.25) is 5.43 Å². The number of hydrogen-bond donors (Lipinski definition) is 1. The number of aryl methyl sites for hydroxylation is 1. The van der Waals surface area contributed by atoms with Gasteiger partial charge in [-0.3, -0.25) is 9.59 Å². The predicted octanol–water partition coefficient (Wildman–Crippen LogP) is 4.61. The number of para-hydroxylation sites is 2. The largest absolute Gasteiger partial charge is 0.496 e. The summed E-state index contributed by atoms with van der Waals surface area (Å²) in [5, 5.41) is 7.25. The fourth-order valence-electron chi connectivity index (χ4n) is 3.39. The highest BCUT2D eigenvalue weighted by molar-refractivity contribution is 6.06. The van der Waals surface area contributed by atoms with Crippen LogP contribution in [0.5, 0.6) is 5.75 Å². The van der Waals surface area contributed by atoms with Gasteiger partial charge in [0.15, 0.2) is 0 Å². The van der Waals surface area contributed by atoms with Crippen LogP contribution in [0.25, 0.3) is 16.8 Å². The number of ether oxygens (including phenoxy) is 1. The summed E-state index contributed by atoms with van der Waals surface area (Å²) in [6.45, 7) is 1.62. The van der Waals surface area contributed by atoms with E-state index >= 15 is 0 Å². The van der Waals surface area contributed by atoms with Crippen molar-refractivity contribution < 1.29 is 13.9 Å². The number of benzene rings is 3. The zero-order valence-corrected chi connectivity index (χ0v) is 17.5. The summed E-state index contributed by atoms with van der Waals surface area (Å²) in [5.74, 6) is -0.289. The minimum Gasteiger partial charge on any atom is -0.496 e. The molecule has 7 heteroatoms. The Balaban J connectivity index is 1.98. The van der Waals surface area contributed by atoms with Gasteiger partial charge in [0.1, 0.15) is 23.1 Å². The number of carbonyl (C=O) groups excluding carboxylic acids is 1. The summed E-state index contributed by atoms with van der Waals surface area (Å²) in [6, 6.07) is 21.4. The van der Waals surface area contributed by atoms with Crippen molar-refractivity contribution >= 4 is 11.7 Å². The zero-order chi connectivity index (χ0) is 22.7. The molecule has 0 spiro atoms. The van der Waals surface area contributed by atoms with Crippen LogP contribution in [0, 0.1) is 12.7 Å². The Hall–Kier alpha value is -4.26. The second kappa shape index (κ2) is 8.85. The molecule has 1 aromatic heterocycles. The van der Waals surface area contributed by atoms with Crippen molar-refractivity contribution in [2.45, 2.75) is 6.92 Å². The lowest BCUT2D eigenvalue weighted by Gasteiger charge is -2.19. The molecule has 0 radical (unpaired) electrons. The molecule has 1 heterocycles. The molecule has 0 aliphatic heterocycles. The van der Waals surface area contributed by atoms with E-state index in [4.69, 9.17) is 4.74 Å². The third-order valence-electron chi connectivity index (χ3n) is 4.97. The maximum atomic E-state index is 13.3. The number of aromatic nitrogens is 2. The summed E-state index contributed by atoms with van der Waals surface area (Å²) >= 11 is 0. The number of hydrogen-bond acceptors (Lipinski definition) is 4. The molecule has 0 aliphatic rings. The lowest BCUT2D eigenvalue weighted by Crippen LogP contribution is -2.25. The van der Waals surface area contributed by atoms with Crippen LogP contribution in [0.3, 0.4) is 0 Å². The summed E-state index contributed by atoms with van der Waals surface area (Å²) < 4.78 is 20.3. The molecular weight excluding hydrogens is 409 g/mol. The van der Waals surface area contributed by atoms with Gasteiger partial charge in [-0.15, -0.1) is 0 Å². The van der Waals surface area contributed by atoms with Gasteiger partial charge >= 0.3 is 0 Å². The number of nitrogens with zero attached hydrogens (tertiary/aromatic N) is 2. The summed E-state index contributed by atoms with van der Waals surface area (Å²) in [4.78, 5) is 26.3. The Morgan fingerprint density at radius 3 is 2.31 bits per heavy atom. The molecule has 0 unspecified atom stereocenters. The number of halogens is 1. The molecular formula is C25H20FN3O3. The highest BCUT2D eigenvalue weighted by atomic mass is 19.1. The molecule has 1 N–H and O–H groups in total. The van der Waals surface area contributed by atoms with Crippen molar-refractivity contribution in [3.63, 3.8) is 0 Å². The molecule has 1 amide bonds. The molecule has 4 rings (SSSR count). The Morgan fingerprint density at radius 1 is 0.969 bits per heavy atom. The SMILES string of the molecule is COc1ccccc1-c1c(NC(=O)c2ccc(F)cc2)n(-c2ccccc2)nc(C)c1=O. The summed E-state index contributed by atoms with van der Waals surface area (Å²) in [6.07, 6.45) is 0. The van der Waals surface area contributed by atoms with Crippen molar-refractivity contribution in [3.8, 4) is 22.6 Å². The van der Waals surface area contributed by atoms with Crippen molar-refractivity contribution in [3.05, 3.63) is 106 Å². The highest BCUT2D eigenvalue weighted by Gasteiger charge is 2.23. The number of nitrogens with one attached hydrogen (secondary N) is 1. The van der Waals surface area contributed by atoms with E-state index in [-0.39, 0.29) is 28.1 Å². The summed E-state index contributed by atoms with van der Waals surface area (Å²) in [5.41, 5.74) is 1.58. The highest BCUT2D eigenvalue weighted by Crippen LogP contribution is 2.33. The number of amides is 1. The van der Waals surface area contributed by atoms with Gasteiger partial charge in [0.25, 0.3) is 5.91 Å². The quantitative estimate of drug-likeness (QED) is 0.503. The first kappa shape index (κ1) is 21.0. The standard InChI is InChI=1S/C25H20FN3O3/c1-16-23(30)22(20-10-6-7-11-21(20)32-2)24(29(28-16)19-8-4-3-5-9-19)27-25(31)17-12-14-18(26)15-13-17/h3-15H,1-2H3,(H,27,31). The molecule has 160 valence electrons. The Labute approximate surface area is 183 Å². The lowest BCUT2D eigenvalue weighted by atomic mass is 10.0. The molecule has 0 aliphatic carbocycles. The molecule has 4 aromatic rings. The van der Waals surface area contributed by atoms with E-state index in [1.165, 1.54) is 36.1 Å². The maximum Gasteiger partial charge on any atom is 0.256 e. The molecule has 6 nitrogen and oxygen atoms in total. The van der Waals surface area contributed by atoms with Gasteiger partial charge in [0, 0.05) is 11.1 Å². The second-order valence-corrected chi connectivity index (χ2v) is 7.05. The Kier molecular flexibility index (Phi) is 5.81. The molecule has 0 bridgehead atoms. The van der Waals surface area contributed by atoms with E-state index in [0.717, 1.165) is 0 Å². The van der Waals surface area contributed by atoms with Crippen molar-refractivity contribution in [1.82, 2.24) is 9.78 Å². The van der Waals surface area contributed by atoms with E-state index in [1.54, 1.807) is 31.2 Å². The zero-order valence-electron chi connectivity index (χ0n) is 17.5.